The van der Waals surface area contributed by atoms with Crippen LogP contribution in [0.1, 0.15) is 0 Å². The fraction of sp³-hybridized carbons (Fsp3) is 0.0769. The van der Waals surface area contributed by atoms with Crippen molar-refractivity contribution in [2.24, 2.45) is 10.2 Å². The zero-order valence-electron chi connectivity index (χ0n) is 9.76. The second-order valence-corrected chi connectivity index (χ2v) is 3.74. The van der Waals surface area contributed by atoms with Crippen LogP contribution in [-0.4, -0.2) is 16.9 Å². The summed E-state index contributed by atoms with van der Waals surface area (Å²) in [7, 11) is 0. The van der Waals surface area contributed by atoms with Crippen LogP contribution in [0.5, 0.6) is 0 Å². The molecule has 0 saturated carbocycles. The van der Waals surface area contributed by atoms with Gasteiger partial charge in [0, 0.05) is 12.2 Å². The van der Waals surface area contributed by atoms with E-state index in [9.17, 15) is 14.9 Å². The fourth-order valence-corrected chi connectivity index (χ4v) is 1.51. The van der Waals surface area contributed by atoms with Crippen LogP contribution >= 0.6 is 0 Å². The molecule has 1 unspecified atom stereocenters. The summed E-state index contributed by atoms with van der Waals surface area (Å²) in [5.41, 5.74) is 0.573. The number of hydrogen-bond acceptors (Lipinski definition) is 5. The predicted octanol–water partition coefficient (Wildman–Crippen LogP) is 2.63. The molecular weight excluding hydrogens is 246 g/mol. The molecule has 0 radical (unpaired) electrons. The van der Waals surface area contributed by atoms with Crippen molar-refractivity contribution in [3.05, 3.63) is 69.9 Å². The van der Waals surface area contributed by atoms with Gasteiger partial charge in [-0.2, -0.15) is 10.2 Å². The van der Waals surface area contributed by atoms with Gasteiger partial charge in [-0.15, -0.1) is 0 Å². The van der Waals surface area contributed by atoms with Crippen molar-refractivity contribution < 1.29 is 9.72 Å². The van der Waals surface area contributed by atoms with Gasteiger partial charge < -0.3 is 0 Å². The fourth-order valence-electron chi connectivity index (χ4n) is 1.51. The van der Waals surface area contributed by atoms with E-state index < -0.39 is 11.0 Å². The summed E-state index contributed by atoms with van der Waals surface area (Å²) in [5.74, 6) is 1.66. The van der Waals surface area contributed by atoms with Gasteiger partial charge in [-0.25, -0.2) is 4.79 Å². The topological polar surface area (TPSA) is 84.9 Å². The molecule has 94 valence electrons. The van der Waals surface area contributed by atoms with E-state index in [-0.39, 0.29) is 11.3 Å². The first kappa shape index (κ1) is 12.6. The van der Waals surface area contributed by atoms with Gasteiger partial charge in [-0.1, -0.05) is 18.2 Å². The number of rotatable bonds is 3. The van der Waals surface area contributed by atoms with E-state index in [1.165, 1.54) is 12.2 Å². The van der Waals surface area contributed by atoms with Crippen molar-refractivity contribution in [3.8, 4) is 0 Å². The van der Waals surface area contributed by atoms with Gasteiger partial charge in [-0.3, -0.25) is 10.1 Å². The molecule has 6 nitrogen and oxygen atoms in total. The van der Waals surface area contributed by atoms with Crippen molar-refractivity contribution in [3.63, 3.8) is 0 Å². The zero-order chi connectivity index (χ0) is 13.7. The number of benzene rings is 1. The number of allylic oxidation sites excluding steroid dienone is 1. The molecule has 0 bridgehead atoms. The highest BCUT2D eigenvalue weighted by molar-refractivity contribution is 5.63. The largest absolute Gasteiger partial charge is 0.270 e. The van der Waals surface area contributed by atoms with Gasteiger partial charge in [0.05, 0.1) is 16.2 Å². The first-order chi connectivity index (χ1) is 9.20. The molecule has 0 saturated heterocycles. The molecule has 1 aromatic rings. The highest BCUT2D eigenvalue weighted by Crippen LogP contribution is 2.20. The van der Waals surface area contributed by atoms with Crippen LogP contribution in [0.4, 0.5) is 5.69 Å². The van der Waals surface area contributed by atoms with Crippen LogP contribution in [-0.2, 0) is 4.79 Å². The Kier molecular flexibility index (Phi) is 3.75. The molecule has 1 atom stereocenters. The Morgan fingerprint density at radius 2 is 2.00 bits per heavy atom. The summed E-state index contributed by atoms with van der Waals surface area (Å²) >= 11 is 0. The third kappa shape index (κ3) is 3.08. The minimum atomic E-state index is -0.638. The average molecular weight is 255 g/mol. The minimum Gasteiger partial charge on any atom is -0.258 e. The molecule has 2 rings (SSSR count). The summed E-state index contributed by atoms with van der Waals surface area (Å²) in [5, 5.41) is 18.5. The van der Waals surface area contributed by atoms with E-state index in [1.807, 2.05) is 18.2 Å². The van der Waals surface area contributed by atoms with Gasteiger partial charge in [0.25, 0.3) is 5.70 Å². The molecular formula is C13H9N3O3. The van der Waals surface area contributed by atoms with Crippen molar-refractivity contribution in [1.29, 1.82) is 0 Å². The molecule has 0 amide bonds. The Bertz CT molecular complexity index is 626. The molecule has 0 fully saturated rings. The Hall–Kier alpha value is -2.85. The zero-order valence-corrected chi connectivity index (χ0v) is 9.76. The number of nitro groups is 1. The van der Waals surface area contributed by atoms with Crippen molar-refractivity contribution in [2.75, 3.05) is 0 Å². The summed E-state index contributed by atoms with van der Waals surface area (Å²) in [6.45, 7) is 0. The third-order valence-corrected chi connectivity index (χ3v) is 2.45. The van der Waals surface area contributed by atoms with Crippen molar-refractivity contribution in [1.82, 2.24) is 0 Å². The SMILES string of the molecule is O=C=C1C=C([N+](=O)[O-])C=CC1N=Nc1ccccc1. The lowest BCUT2D eigenvalue weighted by atomic mass is 10.0. The predicted molar refractivity (Wildman–Crippen MR) is 68.2 cm³/mol. The molecule has 1 aromatic carbocycles. The Morgan fingerprint density at radius 1 is 1.26 bits per heavy atom. The highest BCUT2D eigenvalue weighted by Gasteiger charge is 2.20. The quantitative estimate of drug-likeness (QED) is 0.360. The summed E-state index contributed by atoms with van der Waals surface area (Å²) < 4.78 is 0. The summed E-state index contributed by atoms with van der Waals surface area (Å²) in [6.07, 6.45) is 3.90. The number of carbonyl (C=O) groups excluding carboxylic acids is 1. The van der Waals surface area contributed by atoms with Gasteiger partial charge in [0.1, 0.15) is 12.0 Å². The molecule has 0 spiro atoms. The smallest absolute Gasteiger partial charge is 0.258 e. The van der Waals surface area contributed by atoms with Crippen LogP contribution < -0.4 is 0 Å². The summed E-state index contributed by atoms with van der Waals surface area (Å²) in [6, 6.07) is 8.36. The van der Waals surface area contributed by atoms with Gasteiger partial charge in [0.15, 0.2) is 0 Å². The average Bonchev–Trinajstić information content (AvgIpc) is 2.45. The molecule has 1 aliphatic rings. The molecule has 19 heavy (non-hydrogen) atoms. The monoisotopic (exact) mass is 255 g/mol. The van der Waals surface area contributed by atoms with Crippen molar-refractivity contribution in [2.45, 2.75) is 6.04 Å². The van der Waals surface area contributed by atoms with E-state index in [0.717, 1.165) is 6.08 Å². The van der Waals surface area contributed by atoms with E-state index in [2.05, 4.69) is 10.2 Å². The van der Waals surface area contributed by atoms with Gasteiger partial charge in [0.2, 0.25) is 0 Å². The lowest BCUT2D eigenvalue weighted by molar-refractivity contribution is -0.419. The maximum atomic E-state index is 10.8. The van der Waals surface area contributed by atoms with Crippen LogP contribution in [0.2, 0.25) is 0 Å². The van der Waals surface area contributed by atoms with Crippen LogP contribution in [0.15, 0.2) is 70.1 Å². The Morgan fingerprint density at radius 3 is 2.63 bits per heavy atom. The number of hydrogen-bond donors (Lipinski definition) is 0. The molecule has 0 heterocycles. The standard InChI is InChI=1S/C13H9N3O3/c17-9-10-8-12(16(18)19)6-7-13(10)15-14-11-4-2-1-3-5-11/h1-8,13H. The first-order valence-electron chi connectivity index (χ1n) is 5.46. The van der Waals surface area contributed by atoms with Crippen LogP contribution in [0.3, 0.4) is 0 Å². The highest BCUT2D eigenvalue weighted by atomic mass is 16.6. The molecule has 0 N–H and O–H groups in total. The van der Waals surface area contributed by atoms with E-state index in [1.54, 1.807) is 18.1 Å². The molecule has 1 aliphatic carbocycles. The first-order valence-corrected chi connectivity index (χ1v) is 5.46. The second kappa shape index (κ2) is 5.66. The molecule has 0 aromatic heterocycles. The van der Waals surface area contributed by atoms with E-state index >= 15 is 0 Å². The second-order valence-electron chi connectivity index (χ2n) is 3.74. The normalized spacial score (nSPS) is 18.2. The lowest BCUT2D eigenvalue weighted by Crippen LogP contribution is -2.10. The van der Waals surface area contributed by atoms with Gasteiger partial charge in [-0.05, 0) is 18.2 Å². The molecule has 6 heteroatoms. The minimum absolute atomic E-state index is 0.0916. The maximum Gasteiger partial charge on any atom is 0.270 e. The maximum absolute atomic E-state index is 10.8. The molecule has 0 aliphatic heterocycles. The van der Waals surface area contributed by atoms with Crippen molar-refractivity contribution >= 4 is 11.6 Å². The number of nitrogens with zero attached hydrogens (tertiary/aromatic N) is 3. The van der Waals surface area contributed by atoms with E-state index in [0.29, 0.717) is 5.69 Å². The third-order valence-electron chi connectivity index (χ3n) is 2.45. The lowest BCUT2D eigenvalue weighted by Gasteiger charge is -2.07. The Balaban J connectivity index is 2.20. The Labute approximate surface area is 108 Å². The summed E-state index contributed by atoms with van der Waals surface area (Å²) in [4.78, 5) is 20.8. The van der Waals surface area contributed by atoms with Crippen LogP contribution in [0.25, 0.3) is 0 Å². The van der Waals surface area contributed by atoms with Gasteiger partial charge >= 0.3 is 0 Å². The number of azo groups is 1. The van der Waals surface area contributed by atoms with E-state index in [4.69, 9.17) is 0 Å². The van der Waals surface area contributed by atoms with Crippen LogP contribution in [0, 0.1) is 10.1 Å².